The number of rotatable bonds is 3. The SMILES string of the molecule is CC1(C)CC(NC(=O)Cc2ccc(N)cc2)CC(C)(C)C1. The lowest BCUT2D eigenvalue weighted by Crippen LogP contribution is -2.46. The van der Waals surface area contributed by atoms with Crippen LogP contribution in [0.3, 0.4) is 0 Å². The predicted octanol–water partition coefficient (Wildman–Crippen LogP) is 3.53. The van der Waals surface area contributed by atoms with Crippen molar-refractivity contribution < 1.29 is 4.79 Å². The standard InChI is InChI=1S/C18H28N2O/c1-17(2)10-15(11-18(3,4)12-17)20-16(21)9-13-5-7-14(19)8-6-13/h5-8,15H,9-12,19H2,1-4H3,(H,20,21). The van der Waals surface area contributed by atoms with Crippen molar-refractivity contribution in [2.75, 3.05) is 5.73 Å². The van der Waals surface area contributed by atoms with E-state index in [0.29, 0.717) is 17.3 Å². The van der Waals surface area contributed by atoms with Crippen molar-refractivity contribution in [3.05, 3.63) is 29.8 Å². The molecule has 1 saturated carbocycles. The highest BCUT2D eigenvalue weighted by Gasteiger charge is 2.38. The number of anilines is 1. The van der Waals surface area contributed by atoms with Crippen LogP contribution in [0.15, 0.2) is 24.3 Å². The molecule has 0 spiro atoms. The second-order valence-corrected chi connectivity index (χ2v) is 8.10. The van der Waals surface area contributed by atoms with Crippen molar-refractivity contribution >= 4 is 11.6 Å². The maximum atomic E-state index is 12.2. The first-order valence-corrected chi connectivity index (χ1v) is 7.79. The second-order valence-electron chi connectivity index (χ2n) is 8.10. The third-order valence-electron chi connectivity index (χ3n) is 4.26. The van der Waals surface area contributed by atoms with E-state index in [1.54, 1.807) is 0 Å². The van der Waals surface area contributed by atoms with Crippen LogP contribution in [0.2, 0.25) is 0 Å². The molecule has 116 valence electrons. The molecule has 3 heteroatoms. The molecule has 0 radical (unpaired) electrons. The molecule has 1 amide bonds. The van der Waals surface area contributed by atoms with Gasteiger partial charge in [-0.2, -0.15) is 0 Å². The number of amides is 1. The molecule has 3 nitrogen and oxygen atoms in total. The Morgan fingerprint density at radius 2 is 1.67 bits per heavy atom. The summed E-state index contributed by atoms with van der Waals surface area (Å²) in [5.74, 6) is 0.110. The van der Waals surface area contributed by atoms with Gasteiger partial charge in [-0.3, -0.25) is 4.79 Å². The highest BCUT2D eigenvalue weighted by molar-refractivity contribution is 5.79. The summed E-state index contributed by atoms with van der Waals surface area (Å²) in [7, 11) is 0. The molecule has 0 unspecified atom stereocenters. The number of nitrogens with two attached hydrogens (primary N) is 1. The maximum absolute atomic E-state index is 12.2. The number of carbonyl (C=O) groups excluding carboxylic acids is 1. The number of nitrogens with one attached hydrogen (secondary N) is 1. The number of nitrogen functional groups attached to an aromatic ring is 1. The molecule has 1 aliphatic rings. The van der Waals surface area contributed by atoms with Crippen molar-refractivity contribution in [1.29, 1.82) is 0 Å². The van der Waals surface area contributed by atoms with Crippen LogP contribution in [0.1, 0.15) is 52.5 Å². The van der Waals surface area contributed by atoms with Crippen LogP contribution in [-0.2, 0) is 11.2 Å². The number of hydrogen-bond acceptors (Lipinski definition) is 2. The van der Waals surface area contributed by atoms with Crippen LogP contribution >= 0.6 is 0 Å². The Balaban J connectivity index is 1.94. The number of carbonyl (C=O) groups is 1. The van der Waals surface area contributed by atoms with Crippen LogP contribution in [-0.4, -0.2) is 11.9 Å². The third kappa shape index (κ3) is 4.76. The molecule has 1 aromatic rings. The topological polar surface area (TPSA) is 55.1 Å². The van der Waals surface area contributed by atoms with Crippen LogP contribution in [0.25, 0.3) is 0 Å². The van der Waals surface area contributed by atoms with Gasteiger partial charge in [0.05, 0.1) is 6.42 Å². The Morgan fingerprint density at radius 3 is 2.19 bits per heavy atom. The summed E-state index contributed by atoms with van der Waals surface area (Å²) in [4.78, 5) is 12.2. The van der Waals surface area contributed by atoms with E-state index in [-0.39, 0.29) is 11.9 Å². The van der Waals surface area contributed by atoms with Gasteiger partial charge in [0.2, 0.25) is 5.91 Å². The lowest BCUT2D eigenvalue weighted by atomic mass is 9.63. The van der Waals surface area contributed by atoms with Gasteiger partial charge >= 0.3 is 0 Å². The fourth-order valence-electron chi connectivity index (χ4n) is 4.05. The van der Waals surface area contributed by atoms with Crippen LogP contribution in [0, 0.1) is 10.8 Å². The molecule has 1 fully saturated rings. The average Bonchev–Trinajstić information content (AvgIpc) is 2.27. The second kappa shape index (κ2) is 5.70. The fourth-order valence-corrected chi connectivity index (χ4v) is 4.05. The van der Waals surface area contributed by atoms with Gasteiger partial charge in [-0.25, -0.2) is 0 Å². The van der Waals surface area contributed by atoms with E-state index in [9.17, 15) is 4.79 Å². The minimum absolute atomic E-state index is 0.110. The lowest BCUT2D eigenvalue weighted by Gasteiger charge is -2.45. The molecule has 0 heterocycles. The summed E-state index contributed by atoms with van der Waals surface area (Å²) in [5.41, 5.74) is 7.99. The highest BCUT2D eigenvalue weighted by Crippen LogP contribution is 2.45. The molecule has 1 aromatic carbocycles. The minimum Gasteiger partial charge on any atom is -0.399 e. The van der Waals surface area contributed by atoms with Gasteiger partial charge in [-0.15, -0.1) is 0 Å². The molecule has 0 saturated heterocycles. The van der Waals surface area contributed by atoms with Gasteiger partial charge in [0.1, 0.15) is 0 Å². The summed E-state index contributed by atoms with van der Waals surface area (Å²) >= 11 is 0. The lowest BCUT2D eigenvalue weighted by molar-refractivity contribution is -0.122. The molecular formula is C18H28N2O. The van der Waals surface area contributed by atoms with E-state index >= 15 is 0 Å². The van der Waals surface area contributed by atoms with Crippen LogP contribution in [0.5, 0.6) is 0 Å². The van der Waals surface area contributed by atoms with Crippen LogP contribution < -0.4 is 11.1 Å². The summed E-state index contributed by atoms with van der Waals surface area (Å²) in [6.07, 6.45) is 3.76. The van der Waals surface area contributed by atoms with Crippen molar-refractivity contribution in [2.24, 2.45) is 10.8 Å². The van der Waals surface area contributed by atoms with Gasteiger partial charge < -0.3 is 11.1 Å². The van der Waals surface area contributed by atoms with Gasteiger partial charge in [-0.1, -0.05) is 39.8 Å². The Bertz CT molecular complexity index is 486. The highest BCUT2D eigenvalue weighted by atomic mass is 16.1. The van der Waals surface area contributed by atoms with E-state index in [0.717, 1.165) is 24.1 Å². The zero-order valence-electron chi connectivity index (χ0n) is 13.7. The molecule has 21 heavy (non-hydrogen) atoms. The van der Waals surface area contributed by atoms with E-state index < -0.39 is 0 Å². The molecule has 3 N–H and O–H groups in total. The first kappa shape index (κ1) is 15.9. The molecule has 0 atom stereocenters. The van der Waals surface area contributed by atoms with Crippen molar-refractivity contribution in [3.8, 4) is 0 Å². The Labute approximate surface area is 128 Å². The Hall–Kier alpha value is -1.51. The largest absolute Gasteiger partial charge is 0.399 e. The first-order valence-electron chi connectivity index (χ1n) is 7.79. The number of hydrogen-bond donors (Lipinski definition) is 2. The molecule has 0 bridgehead atoms. The average molecular weight is 288 g/mol. The minimum atomic E-state index is 0.110. The van der Waals surface area contributed by atoms with Crippen LogP contribution in [0.4, 0.5) is 5.69 Å². The summed E-state index contributed by atoms with van der Waals surface area (Å²) in [5, 5.41) is 3.22. The van der Waals surface area contributed by atoms with Gasteiger partial charge in [0.15, 0.2) is 0 Å². The van der Waals surface area contributed by atoms with E-state index in [2.05, 4.69) is 33.0 Å². The number of benzene rings is 1. The maximum Gasteiger partial charge on any atom is 0.224 e. The normalized spacial score (nSPS) is 21.0. The first-order chi connectivity index (χ1) is 9.65. The molecular weight excluding hydrogens is 260 g/mol. The van der Waals surface area contributed by atoms with Crippen molar-refractivity contribution in [2.45, 2.75) is 59.4 Å². The molecule has 0 aromatic heterocycles. The Kier molecular flexibility index (Phi) is 4.31. The zero-order valence-corrected chi connectivity index (χ0v) is 13.7. The molecule has 2 rings (SSSR count). The molecule has 1 aliphatic carbocycles. The summed E-state index contributed by atoms with van der Waals surface area (Å²) < 4.78 is 0. The van der Waals surface area contributed by atoms with Gasteiger partial charge in [0.25, 0.3) is 0 Å². The molecule has 0 aliphatic heterocycles. The summed E-state index contributed by atoms with van der Waals surface area (Å²) in [6.45, 7) is 9.19. The zero-order chi connectivity index (χ0) is 15.7. The summed E-state index contributed by atoms with van der Waals surface area (Å²) in [6, 6.07) is 7.81. The van der Waals surface area contributed by atoms with E-state index in [4.69, 9.17) is 5.73 Å². The smallest absolute Gasteiger partial charge is 0.224 e. The Morgan fingerprint density at radius 1 is 1.14 bits per heavy atom. The van der Waals surface area contributed by atoms with Gasteiger partial charge in [0, 0.05) is 11.7 Å². The predicted molar refractivity (Wildman–Crippen MR) is 87.9 cm³/mol. The quantitative estimate of drug-likeness (QED) is 0.836. The van der Waals surface area contributed by atoms with E-state index in [1.165, 1.54) is 6.42 Å². The monoisotopic (exact) mass is 288 g/mol. The fraction of sp³-hybridized carbons (Fsp3) is 0.611. The van der Waals surface area contributed by atoms with Crippen molar-refractivity contribution in [1.82, 2.24) is 5.32 Å². The van der Waals surface area contributed by atoms with E-state index in [1.807, 2.05) is 24.3 Å². The van der Waals surface area contributed by atoms with Gasteiger partial charge in [-0.05, 0) is 47.8 Å². The third-order valence-corrected chi connectivity index (χ3v) is 4.26. The van der Waals surface area contributed by atoms with Crippen molar-refractivity contribution in [3.63, 3.8) is 0 Å².